The molecule has 3 N–H and O–H groups in total. The molecule has 0 spiro atoms. The number of nitrogen functional groups attached to an aromatic ring is 1. The van der Waals surface area contributed by atoms with Gasteiger partial charge in [-0.2, -0.15) is 0 Å². The largest absolute Gasteiger partial charge is 0.399 e. The first-order chi connectivity index (χ1) is 12.2. The van der Waals surface area contributed by atoms with Gasteiger partial charge in [0.2, 0.25) is 5.91 Å². The second kappa shape index (κ2) is 9.23. The first kappa shape index (κ1) is 18.2. The maximum atomic E-state index is 12.1. The lowest BCUT2D eigenvalue weighted by Crippen LogP contribution is -2.15. The maximum Gasteiger partial charge on any atom is 0.229 e. The summed E-state index contributed by atoms with van der Waals surface area (Å²) in [6.45, 7) is 4.00. The van der Waals surface area contributed by atoms with E-state index in [-0.39, 0.29) is 5.91 Å². The molecule has 0 saturated carbocycles. The van der Waals surface area contributed by atoms with Crippen molar-refractivity contribution in [2.24, 2.45) is 0 Å². The van der Waals surface area contributed by atoms with Crippen molar-refractivity contribution < 1.29 is 4.79 Å². The van der Waals surface area contributed by atoms with Crippen LogP contribution in [-0.4, -0.2) is 10.9 Å². The highest BCUT2D eigenvalue weighted by molar-refractivity contribution is 5.91. The number of benzene rings is 2. The lowest BCUT2D eigenvalue weighted by Gasteiger charge is -2.07. The van der Waals surface area contributed by atoms with Gasteiger partial charge in [-0.15, -0.1) is 0 Å². The number of nitrogens with zero attached hydrogens (tertiary/aromatic N) is 1. The Kier molecular flexibility index (Phi) is 6.72. The van der Waals surface area contributed by atoms with Gasteiger partial charge in [-0.25, -0.2) is 4.98 Å². The van der Waals surface area contributed by atoms with Crippen molar-refractivity contribution in [2.75, 3.05) is 11.1 Å². The molecule has 1 amide bonds. The van der Waals surface area contributed by atoms with Crippen LogP contribution in [0.15, 0.2) is 72.8 Å². The van der Waals surface area contributed by atoms with Gasteiger partial charge in [-0.3, -0.25) is 4.79 Å². The zero-order chi connectivity index (χ0) is 18.1. The topological polar surface area (TPSA) is 68.0 Å². The molecule has 3 aromatic rings. The van der Waals surface area contributed by atoms with E-state index in [1.807, 2.05) is 80.6 Å². The van der Waals surface area contributed by atoms with E-state index in [1.165, 1.54) is 0 Å². The summed E-state index contributed by atoms with van der Waals surface area (Å²) in [6.07, 6.45) is 0.328. The van der Waals surface area contributed by atoms with E-state index in [1.54, 1.807) is 6.07 Å². The third-order valence-electron chi connectivity index (χ3n) is 3.43. The highest BCUT2D eigenvalue weighted by Crippen LogP contribution is 2.20. The molecule has 1 aromatic heterocycles. The van der Waals surface area contributed by atoms with Crippen LogP contribution in [0.1, 0.15) is 19.4 Å². The van der Waals surface area contributed by atoms with Gasteiger partial charge in [-0.05, 0) is 29.8 Å². The Hall–Kier alpha value is -3.14. The number of hydrogen-bond donors (Lipinski definition) is 2. The minimum atomic E-state index is -0.0850. The first-order valence-electron chi connectivity index (χ1n) is 8.37. The third-order valence-corrected chi connectivity index (χ3v) is 3.43. The van der Waals surface area contributed by atoms with E-state index < -0.39 is 0 Å². The van der Waals surface area contributed by atoms with Crippen molar-refractivity contribution in [1.82, 2.24) is 4.98 Å². The van der Waals surface area contributed by atoms with E-state index in [4.69, 9.17) is 5.73 Å². The Morgan fingerprint density at radius 3 is 2.28 bits per heavy atom. The van der Waals surface area contributed by atoms with Crippen LogP contribution in [0.5, 0.6) is 0 Å². The Morgan fingerprint density at radius 2 is 1.60 bits per heavy atom. The van der Waals surface area contributed by atoms with E-state index >= 15 is 0 Å². The molecule has 0 unspecified atom stereocenters. The lowest BCUT2D eigenvalue weighted by atomic mass is 10.1. The number of amides is 1. The molecule has 2 aromatic carbocycles. The van der Waals surface area contributed by atoms with E-state index in [0.29, 0.717) is 17.9 Å². The minimum absolute atomic E-state index is 0.0850. The summed E-state index contributed by atoms with van der Waals surface area (Å²) >= 11 is 0. The standard InChI is InChI=1S/C19H17N3O.C2H6/c20-16-11-9-15(10-12-16)17-7-4-8-18(21-17)22-19(23)13-14-5-2-1-3-6-14;1-2/h1-12H,13,20H2,(H,21,22,23);1-2H3. The molecule has 0 aliphatic rings. The van der Waals surface area contributed by atoms with Crippen molar-refractivity contribution in [1.29, 1.82) is 0 Å². The molecule has 3 rings (SSSR count). The summed E-state index contributed by atoms with van der Waals surface area (Å²) in [7, 11) is 0. The van der Waals surface area contributed by atoms with Crippen LogP contribution in [0.2, 0.25) is 0 Å². The van der Waals surface area contributed by atoms with Gasteiger partial charge in [-0.1, -0.05) is 62.4 Å². The molecule has 0 bridgehead atoms. The van der Waals surface area contributed by atoms with Crippen LogP contribution in [0.4, 0.5) is 11.5 Å². The Morgan fingerprint density at radius 1 is 0.920 bits per heavy atom. The van der Waals surface area contributed by atoms with Gasteiger partial charge >= 0.3 is 0 Å². The molecular formula is C21H23N3O. The Balaban J connectivity index is 0.00000109. The second-order valence-electron chi connectivity index (χ2n) is 5.24. The summed E-state index contributed by atoms with van der Waals surface area (Å²) in [5.41, 5.74) is 9.13. The SMILES string of the molecule is CC.Nc1ccc(-c2cccc(NC(=O)Cc3ccccc3)n2)cc1. The number of aromatic nitrogens is 1. The summed E-state index contributed by atoms with van der Waals surface area (Å²) in [5.74, 6) is 0.457. The Bertz CT molecular complexity index is 799. The van der Waals surface area contributed by atoms with Crippen molar-refractivity contribution in [3.63, 3.8) is 0 Å². The first-order valence-corrected chi connectivity index (χ1v) is 8.37. The average Bonchev–Trinajstić information content (AvgIpc) is 2.65. The summed E-state index contributed by atoms with van der Waals surface area (Å²) in [4.78, 5) is 16.6. The van der Waals surface area contributed by atoms with Gasteiger partial charge in [0.15, 0.2) is 0 Å². The zero-order valence-corrected chi connectivity index (χ0v) is 14.6. The van der Waals surface area contributed by atoms with Crippen LogP contribution in [0.25, 0.3) is 11.3 Å². The van der Waals surface area contributed by atoms with E-state index in [2.05, 4.69) is 10.3 Å². The fourth-order valence-electron chi connectivity index (χ4n) is 2.29. The predicted molar refractivity (Wildman–Crippen MR) is 104 cm³/mol. The second-order valence-corrected chi connectivity index (χ2v) is 5.24. The van der Waals surface area contributed by atoms with Crippen LogP contribution < -0.4 is 11.1 Å². The van der Waals surface area contributed by atoms with Crippen molar-refractivity contribution in [2.45, 2.75) is 20.3 Å². The molecule has 0 atom stereocenters. The van der Waals surface area contributed by atoms with Gasteiger partial charge in [0, 0.05) is 11.3 Å². The molecule has 0 aliphatic carbocycles. The smallest absolute Gasteiger partial charge is 0.229 e. The molecular weight excluding hydrogens is 310 g/mol. The number of carbonyl (C=O) groups excluding carboxylic acids is 1. The number of nitrogens with two attached hydrogens (primary N) is 1. The van der Waals surface area contributed by atoms with Gasteiger partial charge in [0.05, 0.1) is 12.1 Å². The normalized spacial score (nSPS) is 9.68. The zero-order valence-electron chi connectivity index (χ0n) is 14.6. The lowest BCUT2D eigenvalue weighted by molar-refractivity contribution is -0.115. The molecule has 0 saturated heterocycles. The third kappa shape index (κ3) is 5.46. The fraction of sp³-hybridized carbons (Fsp3) is 0.143. The van der Waals surface area contributed by atoms with Crippen LogP contribution in [-0.2, 0) is 11.2 Å². The number of hydrogen-bond acceptors (Lipinski definition) is 3. The molecule has 0 fully saturated rings. The van der Waals surface area contributed by atoms with Crippen molar-refractivity contribution in [3.8, 4) is 11.3 Å². The maximum absolute atomic E-state index is 12.1. The van der Waals surface area contributed by atoms with Crippen LogP contribution in [0.3, 0.4) is 0 Å². The van der Waals surface area contributed by atoms with E-state index in [9.17, 15) is 4.79 Å². The monoisotopic (exact) mass is 333 g/mol. The Labute approximate surface area is 148 Å². The predicted octanol–water partition coefficient (Wildman–Crippen LogP) is 4.54. The van der Waals surface area contributed by atoms with Crippen molar-refractivity contribution >= 4 is 17.4 Å². The quantitative estimate of drug-likeness (QED) is 0.689. The number of nitrogens with one attached hydrogen (secondary N) is 1. The molecule has 4 nitrogen and oxygen atoms in total. The van der Waals surface area contributed by atoms with E-state index in [0.717, 1.165) is 16.8 Å². The fourth-order valence-corrected chi connectivity index (χ4v) is 2.29. The van der Waals surface area contributed by atoms with Gasteiger partial charge < -0.3 is 11.1 Å². The minimum Gasteiger partial charge on any atom is -0.399 e. The summed E-state index contributed by atoms with van der Waals surface area (Å²) in [6, 6.07) is 22.7. The van der Waals surface area contributed by atoms with Gasteiger partial charge in [0.25, 0.3) is 0 Å². The number of rotatable bonds is 4. The summed E-state index contributed by atoms with van der Waals surface area (Å²) < 4.78 is 0. The average molecular weight is 333 g/mol. The number of carbonyl (C=O) groups is 1. The number of pyridine rings is 1. The molecule has 0 radical (unpaired) electrons. The van der Waals surface area contributed by atoms with Gasteiger partial charge in [0.1, 0.15) is 5.82 Å². The van der Waals surface area contributed by atoms with Crippen LogP contribution in [0, 0.1) is 0 Å². The number of anilines is 2. The van der Waals surface area contributed by atoms with Crippen molar-refractivity contribution in [3.05, 3.63) is 78.4 Å². The summed E-state index contributed by atoms with van der Waals surface area (Å²) in [5, 5.41) is 2.84. The molecule has 0 aliphatic heterocycles. The highest BCUT2D eigenvalue weighted by Gasteiger charge is 2.06. The van der Waals surface area contributed by atoms with Crippen LogP contribution >= 0.6 is 0 Å². The molecule has 128 valence electrons. The molecule has 25 heavy (non-hydrogen) atoms. The highest BCUT2D eigenvalue weighted by atomic mass is 16.1. The molecule has 4 heteroatoms. The molecule has 1 heterocycles.